The van der Waals surface area contributed by atoms with E-state index in [1.54, 1.807) is 0 Å². The Bertz CT molecular complexity index is 418. The van der Waals surface area contributed by atoms with Crippen LogP contribution < -0.4 is 0 Å². The average molecular weight is 419 g/mol. The number of rotatable bonds is 16. The van der Waals surface area contributed by atoms with Crippen molar-refractivity contribution in [3.63, 3.8) is 0 Å². The highest BCUT2D eigenvalue weighted by atomic mass is 16.7. The summed E-state index contributed by atoms with van der Waals surface area (Å²) in [4.78, 5) is 12.0. The van der Waals surface area contributed by atoms with E-state index < -0.39 is 43.3 Å². The molecule has 0 aromatic heterocycles. The summed E-state index contributed by atoms with van der Waals surface area (Å²) in [6.07, 6.45) is 9.08. The van der Waals surface area contributed by atoms with Gasteiger partial charge in [-0.3, -0.25) is 4.79 Å². The molecule has 0 aromatic carbocycles. The number of aliphatic hydroxyl groups excluding tert-OH is 4. The molecule has 0 spiro atoms. The normalized spacial score (nSPS) is 27.1. The molecular weight excluding hydrogens is 376 g/mol. The van der Waals surface area contributed by atoms with E-state index in [1.165, 1.54) is 64.2 Å². The van der Waals surface area contributed by atoms with Crippen LogP contribution in [0.4, 0.5) is 0 Å². The smallest absolute Gasteiger partial charge is 0.306 e. The first-order chi connectivity index (χ1) is 14.0. The van der Waals surface area contributed by atoms with Gasteiger partial charge in [-0.25, -0.2) is 0 Å². The Balaban J connectivity index is 2.02. The van der Waals surface area contributed by atoms with E-state index in [9.17, 15) is 20.1 Å². The van der Waals surface area contributed by atoms with Crippen molar-refractivity contribution in [2.24, 2.45) is 0 Å². The Kier molecular flexibility index (Phi) is 14.5. The molecule has 172 valence electrons. The Labute approximate surface area is 175 Å². The van der Waals surface area contributed by atoms with Gasteiger partial charge in [-0.1, -0.05) is 84.0 Å². The van der Waals surface area contributed by atoms with Gasteiger partial charge in [-0.15, -0.1) is 0 Å². The number of carbonyl (C=O) groups excluding carboxylic acids is 1. The zero-order valence-corrected chi connectivity index (χ0v) is 18.0. The van der Waals surface area contributed by atoms with Crippen molar-refractivity contribution in [2.45, 2.75) is 128 Å². The number of hydrogen-bond acceptors (Lipinski definition) is 7. The van der Waals surface area contributed by atoms with Crippen LogP contribution in [0.2, 0.25) is 0 Å². The molecule has 0 amide bonds. The fourth-order valence-corrected chi connectivity index (χ4v) is 3.70. The number of aliphatic hydroxyl groups is 4. The molecule has 1 fully saturated rings. The lowest BCUT2D eigenvalue weighted by Crippen LogP contribution is -2.59. The summed E-state index contributed by atoms with van der Waals surface area (Å²) in [6.45, 7) is 1.69. The second-order valence-corrected chi connectivity index (χ2v) is 8.18. The molecule has 7 heteroatoms. The molecule has 1 saturated heterocycles. The molecule has 7 nitrogen and oxygen atoms in total. The standard InChI is InChI=1S/C22H42O7/c1-2-3-4-5-6-7-8-9-10-11-12-13-14-15-18(24)29-21-19(25)17(16-23)28-22(27)20(21)26/h17,19-23,25-27H,2-16H2,1H3/t17-,19-,20-,21+,22+/m1/s1. The third-order valence-electron chi connectivity index (χ3n) is 5.59. The first-order valence-electron chi connectivity index (χ1n) is 11.5. The molecule has 29 heavy (non-hydrogen) atoms. The molecular formula is C22H42O7. The molecule has 0 bridgehead atoms. The molecule has 1 heterocycles. The van der Waals surface area contributed by atoms with Crippen LogP contribution in [0.5, 0.6) is 0 Å². The number of carbonyl (C=O) groups is 1. The highest BCUT2D eigenvalue weighted by Gasteiger charge is 2.45. The molecule has 1 aliphatic rings. The average Bonchev–Trinajstić information content (AvgIpc) is 2.71. The molecule has 5 atom stereocenters. The van der Waals surface area contributed by atoms with Crippen molar-refractivity contribution in [3.8, 4) is 0 Å². The van der Waals surface area contributed by atoms with Crippen LogP contribution in [0, 0.1) is 0 Å². The predicted molar refractivity (Wildman–Crippen MR) is 110 cm³/mol. The fourth-order valence-electron chi connectivity index (χ4n) is 3.70. The number of hydrogen-bond donors (Lipinski definition) is 4. The lowest BCUT2D eigenvalue weighted by molar-refractivity contribution is -0.289. The largest absolute Gasteiger partial charge is 0.456 e. The second-order valence-electron chi connectivity index (χ2n) is 8.18. The van der Waals surface area contributed by atoms with Gasteiger partial charge in [0.05, 0.1) is 6.61 Å². The van der Waals surface area contributed by atoms with Gasteiger partial charge < -0.3 is 29.9 Å². The van der Waals surface area contributed by atoms with Crippen molar-refractivity contribution in [1.29, 1.82) is 0 Å². The van der Waals surface area contributed by atoms with E-state index in [0.29, 0.717) is 6.42 Å². The molecule has 0 aliphatic carbocycles. The van der Waals surface area contributed by atoms with Gasteiger partial charge in [-0.05, 0) is 6.42 Å². The lowest BCUT2D eigenvalue weighted by Gasteiger charge is -2.39. The van der Waals surface area contributed by atoms with Crippen molar-refractivity contribution in [3.05, 3.63) is 0 Å². The number of unbranched alkanes of at least 4 members (excludes halogenated alkanes) is 12. The predicted octanol–water partition coefficient (Wildman–Crippen LogP) is 2.81. The zero-order chi connectivity index (χ0) is 21.5. The van der Waals surface area contributed by atoms with Crippen LogP contribution in [-0.4, -0.2) is 63.7 Å². The Morgan fingerprint density at radius 1 is 0.793 bits per heavy atom. The van der Waals surface area contributed by atoms with Gasteiger partial charge in [-0.2, -0.15) is 0 Å². The highest BCUT2D eigenvalue weighted by molar-refractivity contribution is 5.69. The minimum Gasteiger partial charge on any atom is -0.456 e. The molecule has 0 saturated carbocycles. The van der Waals surface area contributed by atoms with Gasteiger partial charge in [0.25, 0.3) is 0 Å². The van der Waals surface area contributed by atoms with Gasteiger partial charge in [0, 0.05) is 6.42 Å². The zero-order valence-electron chi connectivity index (χ0n) is 18.0. The third-order valence-corrected chi connectivity index (χ3v) is 5.59. The fraction of sp³-hybridized carbons (Fsp3) is 0.955. The van der Waals surface area contributed by atoms with Crippen LogP contribution in [-0.2, 0) is 14.3 Å². The Hall–Kier alpha value is -0.730. The van der Waals surface area contributed by atoms with Crippen LogP contribution in [0.25, 0.3) is 0 Å². The van der Waals surface area contributed by atoms with E-state index in [-0.39, 0.29) is 6.42 Å². The minimum absolute atomic E-state index is 0.203. The monoisotopic (exact) mass is 418 g/mol. The Morgan fingerprint density at radius 2 is 1.28 bits per heavy atom. The van der Waals surface area contributed by atoms with Gasteiger partial charge in [0.15, 0.2) is 12.4 Å². The summed E-state index contributed by atoms with van der Waals surface area (Å²) in [6, 6.07) is 0. The first kappa shape index (κ1) is 26.3. The van der Waals surface area contributed by atoms with E-state index >= 15 is 0 Å². The topological polar surface area (TPSA) is 116 Å². The van der Waals surface area contributed by atoms with Crippen molar-refractivity contribution in [1.82, 2.24) is 0 Å². The van der Waals surface area contributed by atoms with Gasteiger partial charge in [0.1, 0.15) is 18.3 Å². The van der Waals surface area contributed by atoms with Crippen LogP contribution >= 0.6 is 0 Å². The maximum Gasteiger partial charge on any atom is 0.306 e. The maximum absolute atomic E-state index is 12.0. The van der Waals surface area contributed by atoms with Crippen molar-refractivity contribution >= 4 is 5.97 Å². The van der Waals surface area contributed by atoms with Crippen molar-refractivity contribution in [2.75, 3.05) is 6.61 Å². The van der Waals surface area contributed by atoms with E-state index in [4.69, 9.17) is 14.6 Å². The SMILES string of the molecule is CCCCCCCCCCCCCCCC(=O)O[C@@H]1[C@@H](O)[C@@H](O)O[C@H](CO)[C@H]1O. The van der Waals surface area contributed by atoms with E-state index in [2.05, 4.69) is 6.92 Å². The van der Waals surface area contributed by atoms with E-state index in [0.717, 1.165) is 12.8 Å². The quantitative estimate of drug-likeness (QED) is 0.225. The number of esters is 1. The summed E-state index contributed by atoms with van der Waals surface area (Å²) in [5, 5.41) is 38.6. The minimum atomic E-state index is -1.61. The lowest BCUT2D eigenvalue weighted by atomic mass is 9.99. The summed E-state index contributed by atoms with van der Waals surface area (Å²) in [5.74, 6) is -0.526. The van der Waals surface area contributed by atoms with E-state index in [1.807, 2.05) is 0 Å². The second kappa shape index (κ2) is 16.0. The van der Waals surface area contributed by atoms with Crippen LogP contribution in [0.3, 0.4) is 0 Å². The molecule has 1 rings (SSSR count). The maximum atomic E-state index is 12.0. The van der Waals surface area contributed by atoms with Crippen molar-refractivity contribution < 1.29 is 34.7 Å². The summed E-state index contributed by atoms with van der Waals surface area (Å²) >= 11 is 0. The molecule has 0 unspecified atom stereocenters. The molecule has 0 radical (unpaired) electrons. The highest BCUT2D eigenvalue weighted by Crippen LogP contribution is 2.23. The summed E-state index contributed by atoms with van der Waals surface area (Å²) < 4.78 is 10.0. The number of ether oxygens (including phenoxy) is 2. The molecule has 0 aromatic rings. The molecule has 1 aliphatic heterocycles. The Morgan fingerprint density at radius 3 is 1.76 bits per heavy atom. The third kappa shape index (κ3) is 10.7. The summed E-state index contributed by atoms with van der Waals surface area (Å²) in [5.41, 5.74) is 0. The first-order valence-corrected chi connectivity index (χ1v) is 11.5. The van der Waals surface area contributed by atoms with Gasteiger partial charge >= 0.3 is 5.97 Å². The van der Waals surface area contributed by atoms with Crippen LogP contribution in [0.1, 0.15) is 96.8 Å². The summed E-state index contributed by atoms with van der Waals surface area (Å²) in [7, 11) is 0. The van der Waals surface area contributed by atoms with Gasteiger partial charge in [0.2, 0.25) is 0 Å². The van der Waals surface area contributed by atoms with Crippen LogP contribution in [0.15, 0.2) is 0 Å². The molecule has 4 N–H and O–H groups in total.